The molecule has 1 aromatic carbocycles. The molecule has 0 amide bonds. The Labute approximate surface area is 69.9 Å². The first-order chi connectivity index (χ1) is 5.77. The minimum atomic E-state index is 0.230. The molecule has 0 aliphatic rings. The van der Waals surface area contributed by atoms with Crippen molar-refractivity contribution in [2.45, 2.75) is 0 Å². The van der Waals surface area contributed by atoms with Crippen LogP contribution in [0.3, 0.4) is 0 Å². The fraction of sp³-hybridized carbons (Fsp3) is 0.111. The number of aromatic hydroxyl groups is 1. The topological polar surface area (TPSA) is 37.0 Å². The lowest BCUT2D eigenvalue weighted by atomic mass is 10.2. The molecular weight excluding hydrogens is 152 g/mol. The summed E-state index contributed by atoms with van der Waals surface area (Å²) in [6, 6.07) is 5.36. The number of hydrogen-bond acceptors (Lipinski definition) is 2. The molecule has 0 aliphatic heterocycles. The van der Waals surface area contributed by atoms with Gasteiger partial charge in [-0.05, 0) is 17.1 Å². The number of aromatic nitrogens is 2. The molecule has 0 aliphatic carbocycles. The van der Waals surface area contributed by atoms with E-state index in [2.05, 4.69) is 4.98 Å². The average Bonchev–Trinajstić information content (AvgIpc) is 2.04. The van der Waals surface area contributed by atoms with Gasteiger partial charge in [-0.3, -0.25) is 0 Å². The van der Waals surface area contributed by atoms with Gasteiger partial charge >= 0.3 is 0 Å². The highest BCUT2D eigenvalue weighted by Crippen LogP contribution is 2.19. The highest BCUT2D eigenvalue weighted by atomic mass is 16.3. The Hall–Kier alpha value is -1.64. The second kappa shape index (κ2) is 2.44. The average molecular weight is 161 g/mol. The van der Waals surface area contributed by atoms with Crippen molar-refractivity contribution in [2.75, 3.05) is 0 Å². The van der Waals surface area contributed by atoms with Gasteiger partial charge in [-0.15, -0.1) is 0 Å². The van der Waals surface area contributed by atoms with Crippen molar-refractivity contribution in [2.24, 2.45) is 7.05 Å². The van der Waals surface area contributed by atoms with E-state index in [9.17, 15) is 5.11 Å². The third kappa shape index (κ3) is 0.993. The standard InChI is InChI=1S/C9H8N2O/c1-11-5-7-3-2-4-8(12)9(7)10-6-11/h2-6H,1H3/p+1. The van der Waals surface area contributed by atoms with Crippen molar-refractivity contribution in [3.8, 4) is 5.75 Å². The third-order valence-corrected chi connectivity index (χ3v) is 1.76. The fourth-order valence-corrected chi connectivity index (χ4v) is 1.20. The Kier molecular flexibility index (Phi) is 1.43. The van der Waals surface area contributed by atoms with Crippen LogP contribution in [0.1, 0.15) is 0 Å². The fourth-order valence-electron chi connectivity index (χ4n) is 1.20. The summed E-state index contributed by atoms with van der Waals surface area (Å²) in [5.41, 5.74) is 0.649. The SMILES string of the molecule is C[n+]1cnc2c(O)cccc2c1. The van der Waals surface area contributed by atoms with E-state index in [0.717, 1.165) is 5.39 Å². The highest BCUT2D eigenvalue weighted by molar-refractivity contribution is 5.82. The van der Waals surface area contributed by atoms with Crippen LogP contribution >= 0.6 is 0 Å². The first-order valence-corrected chi connectivity index (χ1v) is 3.70. The summed E-state index contributed by atoms with van der Waals surface area (Å²) in [6.07, 6.45) is 3.59. The van der Waals surface area contributed by atoms with Gasteiger partial charge < -0.3 is 5.11 Å². The van der Waals surface area contributed by atoms with E-state index in [4.69, 9.17) is 0 Å². The number of aryl methyl sites for hydroxylation is 1. The summed E-state index contributed by atoms with van der Waals surface area (Å²) in [6.45, 7) is 0. The number of hydrogen-bond donors (Lipinski definition) is 1. The quantitative estimate of drug-likeness (QED) is 0.579. The molecule has 60 valence electrons. The number of benzene rings is 1. The van der Waals surface area contributed by atoms with Crippen LogP contribution in [0.5, 0.6) is 5.75 Å². The van der Waals surface area contributed by atoms with Crippen LogP contribution in [0.15, 0.2) is 30.7 Å². The molecular formula is C9H9N2O+. The van der Waals surface area contributed by atoms with Crippen molar-refractivity contribution < 1.29 is 9.67 Å². The van der Waals surface area contributed by atoms with Crippen molar-refractivity contribution in [1.82, 2.24) is 4.98 Å². The van der Waals surface area contributed by atoms with Gasteiger partial charge in [0.2, 0.25) is 5.52 Å². The smallest absolute Gasteiger partial charge is 0.286 e. The van der Waals surface area contributed by atoms with Gasteiger partial charge in [0.25, 0.3) is 6.33 Å². The number of phenolic OH excluding ortho intramolecular Hbond substituents is 1. The molecule has 1 heterocycles. The summed E-state index contributed by atoms with van der Waals surface area (Å²) in [7, 11) is 1.90. The molecule has 12 heavy (non-hydrogen) atoms. The maximum Gasteiger partial charge on any atom is 0.286 e. The molecule has 2 rings (SSSR count). The minimum Gasteiger partial charge on any atom is -0.504 e. The zero-order valence-electron chi connectivity index (χ0n) is 6.73. The van der Waals surface area contributed by atoms with Crippen molar-refractivity contribution in [3.05, 3.63) is 30.7 Å². The molecule has 0 bridgehead atoms. The number of phenols is 1. The molecule has 0 spiro atoms. The first-order valence-electron chi connectivity index (χ1n) is 3.70. The van der Waals surface area contributed by atoms with E-state index < -0.39 is 0 Å². The van der Waals surface area contributed by atoms with Gasteiger partial charge in [0.1, 0.15) is 6.20 Å². The maximum atomic E-state index is 9.39. The Bertz CT molecular complexity index is 426. The first kappa shape index (κ1) is 7.03. The van der Waals surface area contributed by atoms with E-state index in [-0.39, 0.29) is 5.75 Å². The predicted octanol–water partition coefficient (Wildman–Crippen LogP) is 0.765. The highest BCUT2D eigenvalue weighted by Gasteiger charge is 2.05. The number of fused-ring (bicyclic) bond motifs is 1. The molecule has 1 N–H and O–H groups in total. The number of rotatable bonds is 0. The molecule has 0 saturated heterocycles. The van der Waals surface area contributed by atoms with Crippen LogP contribution in [0, 0.1) is 0 Å². The molecule has 0 radical (unpaired) electrons. The van der Waals surface area contributed by atoms with Crippen LogP contribution in [0.25, 0.3) is 10.9 Å². The number of para-hydroxylation sites is 1. The van der Waals surface area contributed by atoms with E-state index in [1.165, 1.54) is 0 Å². The van der Waals surface area contributed by atoms with Gasteiger partial charge in [-0.25, -0.2) is 4.57 Å². The van der Waals surface area contributed by atoms with Crippen LogP contribution < -0.4 is 4.57 Å². The molecule has 0 atom stereocenters. The second-order valence-corrected chi connectivity index (χ2v) is 2.75. The molecule has 0 unspecified atom stereocenters. The van der Waals surface area contributed by atoms with Gasteiger partial charge in [0.05, 0.1) is 12.4 Å². The lowest BCUT2D eigenvalue weighted by Crippen LogP contribution is -2.27. The van der Waals surface area contributed by atoms with Crippen LogP contribution in [-0.4, -0.2) is 10.1 Å². The lowest BCUT2D eigenvalue weighted by Gasteiger charge is -1.94. The van der Waals surface area contributed by atoms with Crippen LogP contribution in [0.2, 0.25) is 0 Å². The number of nitrogens with zero attached hydrogens (tertiary/aromatic N) is 2. The van der Waals surface area contributed by atoms with E-state index in [0.29, 0.717) is 5.52 Å². The molecule has 0 saturated carbocycles. The van der Waals surface area contributed by atoms with E-state index in [1.807, 2.05) is 23.9 Å². The largest absolute Gasteiger partial charge is 0.504 e. The molecule has 2 aromatic rings. The maximum absolute atomic E-state index is 9.39. The van der Waals surface area contributed by atoms with Crippen molar-refractivity contribution in [3.63, 3.8) is 0 Å². The Morgan fingerprint density at radius 1 is 1.42 bits per heavy atom. The van der Waals surface area contributed by atoms with E-state index >= 15 is 0 Å². The van der Waals surface area contributed by atoms with E-state index in [1.54, 1.807) is 18.5 Å². The van der Waals surface area contributed by atoms with Crippen molar-refractivity contribution >= 4 is 10.9 Å². The molecule has 3 nitrogen and oxygen atoms in total. The predicted molar refractivity (Wildman–Crippen MR) is 44.6 cm³/mol. The summed E-state index contributed by atoms with van der Waals surface area (Å²) < 4.78 is 1.85. The summed E-state index contributed by atoms with van der Waals surface area (Å²) in [5.74, 6) is 0.230. The zero-order valence-corrected chi connectivity index (χ0v) is 6.73. The van der Waals surface area contributed by atoms with Gasteiger partial charge in [0.15, 0.2) is 5.75 Å². The molecule has 0 fully saturated rings. The van der Waals surface area contributed by atoms with Gasteiger partial charge in [-0.2, -0.15) is 0 Å². The monoisotopic (exact) mass is 161 g/mol. The Morgan fingerprint density at radius 2 is 2.25 bits per heavy atom. The normalized spacial score (nSPS) is 10.4. The Morgan fingerprint density at radius 3 is 3.08 bits per heavy atom. The second-order valence-electron chi connectivity index (χ2n) is 2.75. The Balaban J connectivity index is 2.86. The van der Waals surface area contributed by atoms with Crippen LogP contribution in [-0.2, 0) is 7.05 Å². The lowest BCUT2D eigenvalue weighted by molar-refractivity contribution is -0.673. The summed E-state index contributed by atoms with van der Waals surface area (Å²) in [4.78, 5) is 4.09. The third-order valence-electron chi connectivity index (χ3n) is 1.76. The molecule has 1 aromatic heterocycles. The van der Waals surface area contributed by atoms with Gasteiger partial charge in [-0.1, -0.05) is 6.07 Å². The van der Waals surface area contributed by atoms with Crippen LogP contribution in [0.4, 0.5) is 0 Å². The van der Waals surface area contributed by atoms with Crippen molar-refractivity contribution in [1.29, 1.82) is 0 Å². The summed E-state index contributed by atoms with van der Waals surface area (Å²) >= 11 is 0. The van der Waals surface area contributed by atoms with Gasteiger partial charge in [0, 0.05) is 0 Å². The summed E-state index contributed by atoms with van der Waals surface area (Å²) in [5, 5.41) is 10.3. The zero-order chi connectivity index (χ0) is 8.55. The minimum absolute atomic E-state index is 0.230. The molecule has 3 heteroatoms.